The van der Waals surface area contributed by atoms with Crippen molar-refractivity contribution in [1.29, 1.82) is 0 Å². The predicted molar refractivity (Wildman–Crippen MR) is 146 cm³/mol. The molecule has 4 rings (SSSR count). The van der Waals surface area contributed by atoms with Crippen molar-refractivity contribution in [2.45, 2.75) is 10.6 Å². The molecule has 2 amide bonds. The van der Waals surface area contributed by atoms with E-state index >= 15 is 0 Å². The van der Waals surface area contributed by atoms with E-state index in [1.165, 1.54) is 35.9 Å². The van der Waals surface area contributed by atoms with Crippen LogP contribution in [0.3, 0.4) is 0 Å². The molecule has 0 fully saturated rings. The number of carbonyl (C=O) groups excluding carboxylic acids is 2. The van der Waals surface area contributed by atoms with E-state index in [4.69, 9.17) is 0 Å². The van der Waals surface area contributed by atoms with Gasteiger partial charge in [0.25, 0.3) is 17.5 Å². The molecule has 0 aliphatic heterocycles. The highest BCUT2D eigenvalue weighted by atomic mass is 32.2. The Balaban J connectivity index is 1.53. The Morgan fingerprint density at radius 2 is 1.51 bits per heavy atom. The number of hydrogen-bond donors (Lipinski definition) is 2. The third-order valence-corrected chi connectivity index (χ3v) is 6.35. The fourth-order valence-electron chi connectivity index (χ4n) is 3.40. The molecule has 0 saturated heterocycles. The first-order chi connectivity index (χ1) is 18.0. The van der Waals surface area contributed by atoms with Gasteiger partial charge in [-0.25, -0.2) is 0 Å². The van der Waals surface area contributed by atoms with Crippen molar-refractivity contribution < 1.29 is 14.5 Å². The summed E-state index contributed by atoms with van der Waals surface area (Å²) in [6, 6.07) is 31.8. The molecule has 0 saturated carbocycles. The molecule has 0 aliphatic carbocycles. The maximum Gasteiger partial charge on any atom is 0.272 e. The van der Waals surface area contributed by atoms with Gasteiger partial charge in [0.05, 0.1) is 4.92 Å². The van der Waals surface area contributed by atoms with E-state index in [1.54, 1.807) is 48.2 Å². The van der Waals surface area contributed by atoms with Crippen LogP contribution in [0.1, 0.15) is 21.5 Å². The molecule has 0 unspecified atom stereocenters. The smallest absolute Gasteiger partial charge is 0.272 e. The van der Waals surface area contributed by atoms with Crippen LogP contribution in [0.15, 0.2) is 120 Å². The van der Waals surface area contributed by atoms with Gasteiger partial charge in [0, 0.05) is 34.0 Å². The topological polar surface area (TPSA) is 101 Å². The molecule has 0 atom stereocenters. The molecule has 0 aromatic heterocycles. The summed E-state index contributed by atoms with van der Waals surface area (Å²) in [6.07, 6.45) is 1.48. The number of amides is 2. The van der Waals surface area contributed by atoms with E-state index < -0.39 is 16.7 Å². The zero-order valence-corrected chi connectivity index (χ0v) is 20.5. The number of non-ortho nitro benzene ring substituents is 1. The average molecular weight is 510 g/mol. The van der Waals surface area contributed by atoms with E-state index in [2.05, 4.69) is 22.8 Å². The normalized spacial score (nSPS) is 11.0. The summed E-state index contributed by atoms with van der Waals surface area (Å²) in [5, 5.41) is 16.5. The van der Waals surface area contributed by atoms with Gasteiger partial charge in [-0.1, -0.05) is 54.6 Å². The van der Waals surface area contributed by atoms with Crippen molar-refractivity contribution in [3.05, 3.63) is 142 Å². The largest absolute Gasteiger partial charge is 0.321 e. The number of thioether (sulfide) groups is 1. The van der Waals surface area contributed by atoms with Gasteiger partial charge in [0.15, 0.2) is 0 Å². The number of anilines is 1. The lowest BCUT2D eigenvalue weighted by Crippen LogP contribution is -2.30. The van der Waals surface area contributed by atoms with E-state index in [0.717, 1.165) is 10.6 Å². The summed E-state index contributed by atoms with van der Waals surface area (Å²) in [6.45, 7) is 0. The summed E-state index contributed by atoms with van der Waals surface area (Å²) in [4.78, 5) is 37.5. The summed E-state index contributed by atoms with van der Waals surface area (Å²) >= 11 is 1.65. The van der Waals surface area contributed by atoms with Crippen LogP contribution in [0.25, 0.3) is 6.08 Å². The molecular formula is C29H23N3O4S. The lowest BCUT2D eigenvalue weighted by molar-refractivity contribution is -0.384. The van der Waals surface area contributed by atoms with Gasteiger partial charge in [-0.05, 0) is 59.7 Å². The van der Waals surface area contributed by atoms with Crippen LogP contribution >= 0.6 is 11.8 Å². The van der Waals surface area contributed by atoms with Gasteiger partial charge in [-0.3, -0.25) is 19.7 Å². The molecule has 4 aromatic rings. The van der Waals surface area contributed by atoms with Crippen molar-refractivity contribution in [2.75, 3.05) is 5.32 Å². The zero-order chi connectivity index (χ0) is 26.0. The standard InChI is InChI=1S/C29H23N3O4S/c33-28(23-10-5-2-6-11-23)31-27(18-21-14-16-25(17-15-21)32(35)36)29(34)30-24-12-7-13-26(19-24)37-20-22-8-3-1-4-9-22/h1-19H,20H2,(H,30,34)(H,31,33)/b27-18+. The number of rotatable bonds is 9. The van der Waals surface area contributed by atoms with Gasteiger partial charge < -0.3 is 10.6 Å². The van der Waals surface area contributed by atoms with E-state index in [-0.39, 0.29) is 11.4 Å². The summed E-state index contributed by atoms with van der Waals surface area (Å²) in [5.74, 6) is -0.180. The van der Waals surface area contributed by atoms with Crippen LogP contribution in [0.2, 0.25) is 0 Å². The number of benzene rings is 4. The molecule has 8 heteroatoms. The van der Waals surface area contributed by atoms with E-state index in [1.807, 2.05) is 36.4 Å². The monoisotopic (exact) mass is 509 g/mol. The number of nitro groups is 1. The second-order valence-corrected chi connectivity index (χ2v) is 9.03. The van der Waals surface area contributed by atoms with Crippen molar-refractivity contribution in [3.8, 4) is 0 Å². The zero-order valence-electron chi connectivity index (χ0n) is 19.7. The summed E-state index contributed by atoms with van der Waals surface area (Å²) < 4.78 is 0. The Kier molecular flexibility index (Phi) is 8.46. The third-order valence-electron chi connectivity index (χ3n) is 5.28. The number of nitro benzene ring substituents is 1. The van der Waals surface area contributed by atoms with Gasteiger partial charge in [-0.2, -0.15) is 0 Å². The second-order valence-electron chi connectivity index (χ2n) is 7.98. The number of nitrogens with zero attached hydrogens (tertiary/aromatic N) is 1. The second kappa shape index (κ2) is 12.3. The van der Waals surface area contributed by atoms with Gasteiger partial charge >= 0.3 is 0 Å². The fraction of sp³-hybridized carbons (Fsp3) is 0.0345. The van der Waals surface area contributed by atoms with E-state index in [0.29, 0.717) is 16.8 Å². The van der Waals surface area contributed by atoms with Crippen molar-refractivity contribution in [1.82, 2.24) is 5.32 Å². The maximum absolute atomic E-state index is 13.2. The fourth-order valence-corrected chi connectivity index (χ4v) is 4.32. The SMILES string of the molecule is O=C(Nc1cccc(SCc2ccccc2)c1)/C(=C\c1ccc([N+](=O)[O-])cc1)NC(=O)c1ccccc1. The van der Waals surface area contributed by atoms with Crippen LogP contribution in [-0.2, 0) is 10.5 Å². The Morgan fingerprint density at radius 1 is 0.838 bits per heavy atom. The molecule has 0 heterocycles. The minimum atomic E-state index is -0.521. The highest BCUT2D eigenvalue weighted by Crippen LogP contribution is 2.25. The predicted octanol–water partition coefficient (Wildman–Crippen LogP) is 6.30. The number of hydrogen-bond acceptors (Lipinski definition) is 5. The number of carbonyl (C=O) groups is 2. The van der Waals surface area contributed by atoms with Crippen molar-refractivity contribution >= 4 is 41.0 Å². The molecule has 0 aliphatic rings. The first-order valence-corrected chi connectivity index (χ1v) is 12.4. The molecule has 2 N–H and O–H groups in total. The van der Waals surface area contributed by atoms with Crippen molar-refractivity contribution in [3.63, 3.8) is 0 Å². The first kappa shape index (κ1) is 25.4. The minimum absolute atomic E-state index is 0.00467. The van der Waals surface area contributed by atoms with Gasteiger partial charge in [0.1, 0.15) is 5.70 Å². The molecule has 184 valence electrons. The highest BCUT2D eigenvalue weighted by Gasteiger charge is 2.16. The lowest BCUT2D eigenvalue weighted by atomic mass is 10.1. The summed E-state index contributed by atoms with van der Waals surface area (Å²) in [5.41, 5.74) is 2.62. The first-order valence-electron chi connectivity index (χ1n) is 11.4. The van der Waals surface area contributed by atoms with Crippen LogP contribution in [0, 0.1) is 10.1 Å². The molecule has 7 nitrogen and oxygen atoms in total. The molecular weight excluding hydrogens is 486 g/mol. The molecule has 0 radical (unpaired) electrons. The van der Waals surface area contributed by atoms with E-state index in [9.17, 15) is 19.7 Å². The quantitative estimate of drug-likeness (QED) is 0.119. The van der Waals surface area contributed by atoms with Crippen molar-refractivity contribution in [2.24, 2.45) is 0 Å². The van der Waals surface area contributed by atoms with Gasteiger partial charge in [0.2, 0.25) is 0 Å². The summed E-state index contributed by atoms with van der Waals surface area (Å²) in [7, 11) is 0. The Bertz CT molecular complexity index is 1420. The molecule has 4 aromatic carbocycles. The number of nitrogens with one attached hydrogen (secondary N) is 2. The molecule has 37 heavy (non-hydrogen) atoms. The Hall–Kier alpha value is -4.69. The molecule has 0 bridgehead atoms. The van der Waals surface area contributed by atoms with Crippen LogP contribution in [-0.4, -0.2) is 16.7 Å². The maximum atomic E-state index is 13.2. The third kappa shape index (κ3) is 7.39. The van der Waals surface area contributed by atoms with Crippen LogP contribution in [0.5, 0.6) is 0 Å². The van der Waals surface area contributed by atoms with Gasteiger partial charge in [-0.15, -0.1) is 11.8 Å². The average Bonchev–Trinajstić information content (AvgIpc) is 2.93. The Labute approximate surface area is 218 Å². The van der Waals surface area contributed by atoms with Crippen LogP contribution in [0.4, 0.5) is 11.4 Å². The lowest BCUT2D eigenvalue weighted by Gasteiger charge is -2.12. The molecule has 0 spiro atoms. The Morgan fingerprint density at radius 3 is 2.19 bits per heavy atom. The van der Waals surface area contributed by atoms with Crippen LogP contribution < -0.4 is 10.6 Å². The minimum Gasteiger partial charge on any atom is -0.321 e. The highest BCUT2D eigenvalue weighted by molar-refractivity contribution is 7.98.